The number of carbonyl (C=O) groups is 4. The largest absolute Gasteiger partial charge is 0.502 e. The number of allylic oxidation sites excluding steroid dienone is 1. The smallest absolute Gasteiger partial charge is 0.374 e. The lowest BCUT2D eigenvalue weighted by molar-refractivity contribution is -0.160. The van der Waals surface area contributed by atoms with Gasteiger partial charge in [0.05, 0.1) is 12.8 Å². The maximum atomic E-state index is 12.4. The first kappa shape index (κ1) is 23.6. The molecule has 0 bridgehead atoms. The predicted octanol–water partition coefficient (Wildman–Crippen LogP) is 1.68. The molecule has 0 saturated heterocycles. The van der Waals surface area contributed by atoms with E-state index < -0.39 is 48.6 Å². The Hall–Kier alpha value is -2.68. The number of hydrogen-bond acceptors (Lipinski definition) is 9. The van der Waals surface area contributed by atoms with Crippen LogP contribution in [0, 0.1) is 5.41 Å². The van der Waals surface area contributed by atoms with Crippen LogP contribution in [0.4, 0.5) is 0 Å². The highest BCUT2D eigenvalue weighted by Gasteiger charge is 2.39. The maximum Gasteiger partial charge on any atom is 0.374 e. The number of aliphatic hydroxyl groups excluding tert-OH is 2. The van der Waals surface area contributed by atoms with Gasteiger partial charge in [0.25, 0.3) is 0 Å². The van der Waals surface area contributed by atoms with Crippen LogP contribution in [0.5, 0.6) is 0 Å². The molecule has 1 heterocycles. The van der Waals surface area contributed by atoms with Crippen LogP contribution < -0.4 is 0 Å². The van der Waals surface area contributed by atoms with Crippen molar-refractivity contribution in [2.45, 2.75) is 72.2 Å². The Morgan fingerprint density at radius 3 is 2.33 bits per heavy atom. The van der Waals surface area contributed by atoms with Crippen molar-refractivity contribution in [1.29, 1.82) is 0 Å². The van der Waals surface area contributed by atoms with Crippen LogP contribution in [-0.4, -0.2) is 58.8 Å². The average Bonchev–Trinajstić information content (AvgIpc) is 2.94. The molecule has 0 fully saturated rings. The molecule has 2 aliphatic rings. The summed E-state index contributed by atoms with van der Waals surface area (Å²) in [6, 6.07) is 0. The number of ether oxygens (including phenoxy) is 3. The van der Waals surface area contributed by atoms with Gasteiger partial charge in [-0.05, 0) is 31.8 Å². The molecule has 3 atom stereocenters. The molecule has 0 saturated carbocycles. The van der Waals surface area contributed by atoms with Gasteiger partial charge >= 0.3 is 17.9 Å². The van der Waals surface area contributed by atoms with E-state index in [1.165, 1.54) is 6.92 Å². The molecule has 9 heteroatoms. The lowest BCUT2D eigenvalue weighted by Crippen LogP contribution is -2.38. The number of rotatable bonds is 7. The Morgan fingerprint density at radius 1 is 1.17 bits per heavy atom. The quantitative estimate of drug-likeness (QED) is 0.462. The molecule has 1 aliphatic carbocycles. The van der Waals surface area contributed by atoms with Gasteiger partial charge in [-0.2, -0.15) is 0 Å². The normalized spacial score (nSPS) is 24.6. The van der Waals surface area contributed by atoms with Gasteiger partial charge in [-0.3, -0.25) is 14.4 Å². The molecule has 0 aromatic carbocycles. The van der Waals surface area contributed by atoms with Gasteiger partial charge in [0.2, 0.25) is 5.76 Å². The van der Waals surface area contributed by atoms with Gasteiger partial charge in [-0.15, -0.1) is 0 Å². The Kier molecular flexibility index (Phi) is 7.07. The third kappa shape index (κ3) is 5.08. The summed E-state index contributed by atoms with van der Waals surface area (Å²) in [6.07, 6.45) is -3.54. The average molecular weight is 424 g/mol. The predicted molar refractivity (Wildman–Crippen MR) is 103 cm³/mol. The van der Waals surface area contributed by atoms with Crippen molar-refractivity contribution in [3.8, 4) is 0 Å². The minimum Gasteiger partial charge on any atom is -0.502 e. The van der Waals surface area contributed by atoms with E-state index in [4.69, 9.17) is 14.2 Å². The second kappa shape index (κ2) is 8.99. The molecular weight excluding hydrogens is 396 g/mol. The molecule has 2 rings (SSSR count). The molecule has 2 N–H and O–H groups in total. The Balaban J connectivity index is 1.78. The number of cyclic esters (lactones) is 1. The second-order valence-electron chi connectivity index (χ2n) is 8.29. The molecule has 30 heavy (non-hydrogen) atoms. The van der Waals surface area contributed by atoms with E-state index in [0.29, 0.717) is 12.0 Å². The summed E-state index contributed by atoms with van der Waals surface area (Å²) in [5.41, 5.74) is 1.42. The fourth-order valence-electron chi connectivity index (χ4n) is 3.42. The third-order valence-corrected chi connectivity index (χ3v) is 5.73. The fourth-order valence-corrected chi connectivity index (χ4v) is 3.42. The van der Waals surface area contributed by atoms with Crippen LogP contribution in [0.25, 0.3) is 0 Å². The highest BCUT2D eigenvalue weighted by molar-refractivity contribution is 6.01. The highest BCUT2D eigenvalue weighted by Crippen LogP contribution is 2.39. The zero-order chi connectivity index (χ0) is 22.8. The van der Waals surface area contributed by atoms with Gasteiger partial charge in [0, 0.05) is 12.0 Å². The number of hydrogen-bond donors (Lipinski definition) is 2. The standard InChI is InChI=1S/C21H28O9/c1-10-12(3)21(4,5)8-14(17(10)25)29-16(24)7-6-15(23)28-9-13(22)19-11(2)18(26)20(27)30-19/h13-14,19,22,26H,6-9H2,1-5H3. The summed E-state index contributed by atoms with van der Waals surface area (Å²) in [5, 5.41) is 19.4. The number of ketones is 1. The Bertz CT molecular complexity index is 818. The summed E-state index contributed by atoms with van der Waals surface area (Å²) in [6.45, 7) is 8.48. The molecule has 166 valence electrons. The second-order valence-corrected chi connectivity index (χ2v) is 8.29. The number of Topliss-reactive ketones (excluding diaryl/α,β-unsaturated/α-hetero) is 1. The van der Waals surface area contributed by atoms with E-state index in [1.54, 1.807) is 6.92 Å². The highest BCUT2D eigenvalue weighted by atomic mass is 16.6. The van der Waals surface area contributed by atoms with Crippen LogP contribution in [0.2, 0.25) is 0 Å². The molecule has 3 unspecified atom stereocenters. The molecule has 1 aliphatic heterocycles. The topological polar surface area (TPSA) is 136 Å². The van der Waals surface area contributed by atoms with Crippen LogP contribution >= 0.6 is 0 Å². The Labute approximate surface area is 174 Å². The van der Waals surface area contributed by atoms with Gasteiger partial charge in [-0.25, -0.2) is 4.79 Å². The molecule has 0 spiro atoms. The van der Waals surface area contributed by atoms with Crippen molar-refractivity contribution in [2.24, 2.45) is 5.41 Å². The number of esters is 3. The van der Waals surface area contributed by atoms with Crippen LogP contribution in [0.1, 0.15) is 53.9 Å². The van der Waals surface area contributed by atoms with Crippen LogP contribution in [0.15, 0.2) is 22.5 Å². The molecule has 0 amide bonds. The first-order valence-electron chi connectivity index (χ1n) is 9.71. The van der Waals surface area contributed by atoms with Gasteiger partial charge in [0.1, 0.15) is 12.7 Å². The van der Waals surface area contributed by atoms with Crippen molar-refractivity contribution in [2.75, 3.05) is 6.61 Å². The molecule has 0 aromatic rings. The van der Waals surface area contributed by atoms with E-state index in [-0.39, 0.29) is 29.6 Å². The van der Waals surface area contributed by atoms with Crippen molar-refractivity contribution in [3.05, 3.63) is 22.5 Å². The lowest BCUT2D eigenvalue weighted by atomic mass is 9.72. The summed E-state index contributed by atoms with van der Waals surface area (Å²) in [4.78, 5) is 47.5. The van der Waals surface area contributed by atoms with E-state index in [9.17, 15) is 29.4 Å². The third-order valence-electron chi connectivity index (χ3n) is 5.73. The minimum absolute atomic E-state index is 0.145. The minimum atomic E-state index is -1.35. The van der Waals surface area contributed by atoms with Crippen molar-refractivity contribution < 1.29 is 43.6 Å². The van der Waals surface area contributed by atoms with E-state index in [2.05, 4.69) is 0 Å². The number of carbonyl (C=O) groups excluding carboxylic acids is 4. The van der Waals surface area contributed by atoms with E-state index in [0.717, 1.165) is 5.57 Å². The van der Waals surface area contributed by atoms with Crippen molar-refractivity contribution in [3.63, 3.8) is 0 Å². The summed E-state index contributed by atoms with van der Waals surface area (Å²) < 4.78 is 15.0. The van der Waals surface area contributed by atoms with Gasteiger partial charge in [0.15, 0.2) is 18.0 Å². The zero-order valence-corrected chi connectivity index (χ0v) is 17.8. The summed E-state index contributed by atoms with van der Waals surface area (Å²) in [5.74, 6) is -3.21. The fraction of sp³-hybridized carbons (Fsp3) is 0.619. The van der Waals surface area contributed by atoms with Crippen molar-refractivity contribution >= 4 is 23.7 Å². The van der Waals surface area contributed by atoms with Crippen molar-refractivity contribution in [1.82, 2.24) is 0 Å². The molecule has 0 aromatic heterocycles. The van der Waals surface area contributed by atoms with Crippen LogP contribution in [0.3, 0.4) is 0 Å². The molecular formula is C21H28O9. The molecule has 0 radical (unpaired) electrons. The monoisotopic (exact) mass is 424 g/mol. The SMILES string of the molecule is CC1=C(C)C(C)(C)CC(OC(=O)CCC(=O)OCC(O)C2OC(=O)C(O)=C2C)C1=O. The first-order valence-corrected chi connectivity index (χ1v) is 9.71. The molecule has 9 nitrogen and oxygen atoms in total. The van der Waals surface area contributed by atoms with Gasteiger partial charge in [-0.1, -0.05) is 19.4 Å². The number of aliphatic hydroxyl groups is 2. The summed E-state index contributed by atoms with van der Waals surface area (Å²) >= 11 is 0. The van der Waals surface area contributed by atoms with E-state index >= 15 is 0 Å². The maximum absolute atomic E-state index is 12.4. The van der Waals surface area contributed by atoms with E-state index in [1.807, 2.05) is 20.8 Å². The van der Waals surface area contributed by atoms with Gasteiger partial charge < -0.3 is 24.4 Å². The Morgan fingerprint density at radius 2 is 1.77 bits per heavy atom. The van der Waals surface area contributed by atoms with Crippen LogP contribution in [-0.2, 0) is 33.4 Å². The first-order chi connectivity index (χ1) is 13.8. The summed E-state index contributed by atoms with van der Waals surface area (Å²) in [7, 11) is 0. The zero-order valence-electron chi connectivity index (χ0n) is 17.8. The lowest BCUT2D eigenvalue weighted by Gasteiger charge is -2.36.